The molecule has 0 aliphatic rings. The SMILES string of the molecule is Cc1ccccc1C(CN)Oc1ccc(S(C)(=O)=O)cc1. The molecule has 112 valence electrons. The number of hydrogen-bond donors (Lipinski definition) is 1. The van der Waals surface area contributed by atoms with Gasteiger partial charge in [0.25, 0.3) is 0 Å². The number of aryl methyl sites for hydroxylation is 1. The van der Waals surface area contributed by atoms with Gasteiger partial charge < -0.3 is 10.5 Å². The smallest absolute Gasteiger partial charge is 0.175 e. The second-order valence-electron chi connectivity index (χ2n) is 4.94. The minimum atomic E-state index is -3.19. The molecule has 2 aromatic rings. The van der Waals surface area contributed by atoms with E-state index in [0.29, 0.717) is 12.3 Å². The van der Waals surface area contributed by atoms with Gasteiger partial charge in [0.2, 0.25) is 0 Å². The lowest BCUT2D eigenvalue weighted by Crippen LogP contribution is -2.19. The fourth-order valence-corrected chi connectivity index (χ4v) is 2.75. The largest absolute Gasteiger partial charge is 0.484 e. The molecule has 4 nitrogen and oxygen atoms in total. The Morgan fingerprint density at radius 3 is 2.24 bits per heavy atom. The highest BCUT2D eigenvalue weighted by atomic mass is 32.2. The first-order valence-electron chi connectivity index (χ1n) is 6.64. The third kappa shape index (κ3) is 3.83. The average Bonchev–Trinajstić information content (AvgIpc) is 2.45. The van der Waals surface area contributed by atoms with E-state index in [0.717, 1.165) is 11.1 Å². The van der Waals surface area contributed by atoms with Crippen molar-refractivity contribution < 1.29 is 13.2 Å². The second kappa shape index (κ2) is 6.28. The highest BCUT2D eigenvalue weighted by molar-refractivity contribution is 7.90. The highest BCUT2D eigenvalue weighted by Gasteiger charge is 2.14. The van der Waals surface area contributed by atoms with Crippen LogP contribution in [-0.4, -0.2) is 21.2 Å². The Morgan fingerprint density at radius 1 is 1.10 bits per heavy atom. The van der Waals surface area contributed by atoms with Crippen molar-refractivity contribution in [1.82, 2.24) is 0 Å². The Balaban J connectivity index is 2.22. The molecule has 0 saturated carbocycles. The summed E-state index contributed by atoms with van der Waals surface area (Å²) in [6, 6.07) is 14.3. The second-order valence-corrected chi connectivity index (χ2v) is 6.96. The van der Waals surface area contributed by atoms with Crippen LogP contribution in [0.4, 0.5) is 0 Å². The van der Waals surface area contributed by atoms with Gasteiger partial charge in [-0.1, -0.05) is 24.3 Å². The molecule has 0 bridgehead atoms. The normalized spacial score (nSPS) is 12.9. The van der Waals surface area contributed by atoms with E-state index in [2.05, 4.69) is 0 Å². The summed E-state index contributed by atoms with van der Waals surface area (Å²) < 4.78 is 28.7. The van der Waals surface area contributed by atoms with Crippen LogP contribution in [0.15, 0.2) is 53.4 Å². The van der Waals surface area contributed by atoms with Gasteiger partial charge in [0, 0.05) is 12.8 Å². The molecule has 1 unspecified atom stereocenters. The first-order chi connectivity index (χ1) is 9.91. The maximum atomic E-state index is 11.4. The van der Waals surface area contributed by atoms with E-state index in [1.807, 2.05) is 31.2 Å². The molecule has 0 amide bonds. The molecular weight excluding hydrogens is 286 g/mol. The zero-order valence-electron chi connectivity index (χ0n) is 12.1. The third-order valence-electron chi connectivity index (χ3n) is 3.28. The fraction of sp³-hybridized carbons (Fsp3) is 0.250. The predicted octanol–water partition coefficient (Wildman–Crippen LogP) is 2.48. The Bertz CT molecular complexity index is 709. The molecule has 0 aromatic heterocycles. The van der Waals surface area contributed by atoms with Crippen molar-refractivity contribution in [1.29, 1.82) is 0 Å². The van der Waals surface area contributed by atoms with Crippen LogP contribution < -0.4 is 10.5 Å². The van der Waals surface area contributed by atoms with E-state index in [1.54, 1.807) is 12.1 Å². The number of benzene rings is 2. The van der Waals surface area contributed by atoms with Crippen LogP contribution in [0.2, 0.25) is 0 Å². The van der Waals surface area contributed by atoms with Crippen molar-refractivity contribution in [3.05, 3.63) is 59.7 Å². The summed E-state index contributed by atoms with van der Waals surface area (Å²) in [5.41, 5.74) is 7.95. The predicted molar refractivity (Wildman–Crippen MR) is 83.2 cm³/mol. The first kappa shape index (κ1) is 15.5. The number of nitrogens with two attached hydrogens (primary N) is 1. The molecule has 5 heteroatoms. The van der Waals surface area contributed by atoms with E-state index in [9.17, 15) is 8.42 Å². The molecule has 0 radical (unpaired) electrons. The first-order valence-corrected chi connectivity index (χ1v) is 8.53. The van der Waals surface area contributed by atoms with Gasteiger partial charge in [-0.25, -0.2) is 8.42 Å². The lowest BCUT2D eigenvalue weighted by Gasteiger charge is -2.19. The van der Waals surface area contributed by atoms with Crippen LogP contribution in [0.5, 0.6) is 5.75 Å². The van der Waals surface area contributed by atoms with Gasteiger partial charge >= 0.3 is 0 Å². The average molecular weight is 305 g/mol. The standard InChI is InChI=1S/C16H19NO3S/c1-12-5-3-4-6-15(12)16(11-17)20-13-7-9-14(10-8-13)21(2,18)19/h3-10,16H,11,17H2,1-2H3. The summed E-state index contributed by atoms with van der Waals surface area (Å²) in [6.45, 7) is 2.35. The molecule has 1 atom stereocenters. The molecular formula is C16H19NO3S. The molecule has 0 aliphatic carbocycles. The molecule has 0 spiro atoms. The topological polar surface area (TPSA) is 69.4 Å². The fourth-order valence-electron chi connectivity index (χ4n) is 2.12. The van der Waals surface area contributed by atoms with E-state index < -0.39 is 9.84 Å². The number of sulfone groups is 1. The molecule has 21 heavy (non-hydrogen) atoms. The van der Waals surface area contributed by atoms with E-state index >= 15 is 0 Å². The molecule has 0 aliphatic heterocycles. The van der Waals surface area contributed by atoms with Crippen LogP contribution in [0.25, 0.3) is 0 Å². The van der Waals surface area contributed by atoms with Crippen molar-refractivity contribution in [2.45, 2.75) is 17.9 Å². The summed E-state index contributed by atoms with van der Waals surface area (Å²) in [6.07, 6.45) is 0.925. The van der Waals surface area contributed by atoms with Crippen LogP contribution >= 0.6 is 0 Å². The van der Waals surface area contributed by atoms with Gasteiger partial charge in [0.15, 0.2) is 9.84 Å². The molecule has 0 heterocycles. The molecule has 0 saturated heterocycles. The Labute approximate surface area is 125 Å². The van der Waals surface area contributed by atoms with E-state index in [-0.39, 0.29) is 11.0 Å². The zero-order valence-corrected chi connectivity index (χ0v) is 12.9. The molecule has 0 fully saturated rings. The van der Waals surface area contributed by atoms with Crippen LogP contribution in [0, 0.1) is 6.92 Å². The van der Waals surface area contributed by atoms with Gasteiger partial charge in [-0.15, -0.1) is 0 Å². The van der Waals surface area contributed by atoms with Gasteiger partial charge in [0.1, 0.15) is 11.9 Å². The van der Waals surface area contributed by atoms with Crippen molar-refractivity contribution >= 4 is 9.84 Å². The van der Waals surface area contributed by atoms with Crippen molar-refractivity contribution in [2.24, 2.45) is 5.73 Å². The van der Waals surface area contributed by atoms with Crippen molar-refractivity contribution in [3.63, 3.8) is 0 Å². The van der Waals surface area contributed by atoms with Crippen LogP contribution in [0.3, 0.4) is 0 Å². The maximum absolute atomic E-state index is 11.4. The van der Waals surface area contributed by atoms with Crippen LogP contribution in [0.1, 0.15) is 17.2 Å². The summed E-state index contributed by atoms with van der Waals surface area (Å²) in [4.78, 5) is 0.273. The minimum Gasteiger partial charge on any atom is -0.484 e. The highest BCUT2D eigenvalue weighted by Crippen LogP contribution is 2.24. The maximum Gasteiger partial charge on any atom is 0.175 e. The summed E-state index contributed by atoms with van der Waals surface area (Å²) in [7, 11) is -3.19. The van der Waals surface area contributed by atoms with Crippen molar-refractivity contribution in [2.75, 3.05) is 12.8 Å². The van der Waals surface area contributed by atoms with Crippen molar-refractivity contribution in [3.8, 4) is 5.75 Å². The van der Waals surface area contributed by atoms with Gasteiger partial charge in [0.05, 0.1) is 4.90 Å². The summed E-state index contributed by atoms with van der Waals surface area (Å²) in [5, 5.41) is 0. The van der Waals surface area contributed by atoms with Crippen LogP contribution in [-0.2, 0) is 9.84 Å². The third-order valence-corrected chi connectivity index (χ3v) is 4.41. The monoisotopic (exact) mass is 305 g/mol. The van der Waals surface area contributed by atoms with E-state index in [1.165, 1.54) is 18.4 Å². The minimum absolute atomic E-state index is 0.254. The quantitative estimate of drug-likeness (QED) is 0.921. The Kier molecular flexibility index (Phi) is 4.65. The molecule has 2 aromatic carbocycles. The summed E-state index contributed by atoms with van der Waals surface area (Å²) >= 11 is 0. The van der Waals surface area contributed by atoms with Gasteiger partial charge in [-0.3, -0.25) is 0 Å². The van der Waals surface area contributed by atoms with Gasteiger partial charge in [-0.2, -0.15) is 0 Å². The lowest BCUT2D eigenvalue weighted by molar-refractivity contribution is 0.213. The van der Waals surface area contributed by atoms with Gasteiger partial charge in [-0.05, 0) is 42.3 Å². The lowest BCUT2D eigenvalue weighted by atomic mass is 10.0. The number of ether oxygens (including phenoxy) is 1. The molecule has 2 N–H and O–H groups in total. The molecule has 2 rings (SSSR count). The summed E-state index contributed by atoms with van der Waals surface area (Å²) in [5.74, 6) is 0.598. The van der Waals surface area contributed by atoms with E-state index in [4.69, 9.17) is 10.5 Å². The Morgan fingerprint density at radius 2 is 1.71 bits per heavy atom. The zero-order chi connectivity index (χ0) is 15.5. The Hall–Kier alpha value is -1.85. The number of hydrogen-bond acceptors (Lipinski definition) is 4. The number of rotatable bonds is 5.